The molecular weight excluding hydrogens is 150 g/mol. The van der Waals surface area contributed by atoms with Crippen LogP contribution in [0.2, 0.25) is 0 Å². The minimum absolute atomic E-state index is 0.245. The fourth-order valence-electron chi connectivity index (χ4n) is 1.08. The first-order valence-corrected chi connectivity index (χ1v) is 4.84. The molecule has 0 aliphatic rings. The monoisotopic (exact) mass is 173 g/mol. The third-order valence-electron chi connectivity index (χ3n) is 2.88. The summed E-state index contributed by atoms with van der Waals surface area (Å²) in [6.07, 6.45) is 1.06. The predicted octanol–water partition coefficient (Wildman–Crippen LogP) is 2.03. The van der Waals surface area contributed by atoms with Crippen LogP contribution < -0.4 is 5.73 Å². The Morgan fingerprint density at radius 3 is 2.33 bits per heavy atom. The van der Waals surface area contributed by atoms with Crippen molar-refractivity contribution in [2.45, 2.75) is 34.1 Å². The van der Waals surface area contributed by atoms with E-state index >= 15 is 0 Å². The van der Waals surface area contributed by atoms with E-state index in [1.807, 2.05) is 6.92 Å². The van der Waals surface area contributed by atoms with Gasteiger partial charge in [0.15, 0.2) is 0 Å². The highest BCUT2D eigenvalue weighted by Crippen LogP contribution is 2.29. The number of ether oxygens (including phenoxy) is 1. The summed E-state index contributed by atoms with van der Waals surface area (Å²) in [7, 11) is 0. The second-order valence-corrected chi connectivity index (χ2v) is 3.96. The molecule has 0 rings (SSSR count). The van der Waals surface area contributed by atoms with Crippen molar-refractivity contribution >= 4 is 0 Å². The van der Waals surface area contributed by atoms with Crippen LogP contribution in [0.5, 0.6) is 0 Å². The van der Waals surface area contributed by atoms with Gasteiger partial charge >= 0.3 is 0 Å². The molecule has 2 heteroatoms. The van der Waals surface area contributed by atoms with Crippen molar-refractivity contribution in [3.05, 3.63) is 0 Å². The van der Waals surface area contributed by atoms with Crippen LogP contribution in [0.1, 0.15) is 34.1 Å². The maximum absolute atomic E-state index is 5.73. The maximum atomic E-state index is 5.73. The molecule has 0 amide bonds. The number of rotatable bonds is 6. The molecule has 0 aliphatic carbocycles. The molecule has 0 radical (unpaired) electrons. The molecule has 0 spiro atoms. The van der Waals surface area contributed by atoms with Crippen LogP contribution in [-0.4, -0.2) is 19.8 Å². The first-order chi connectivity index (χ1) is 5.56. The molecule has 12 heavy (non-hydrogen) atoms. The van der Waals surface area contributed by atoms with Gasteiger partial charge in [-0.2, -0.15) is 0 Å². The molecule has 1 atom stereocenters. The molecule has 2 N–H and O–H groups in total. The van der Waals surface area contributed by atoms with E-state index in [0.717, 1.165) is 26.2 Å². The SMILES string of the molecule is CCOCCC(C)(CN)C(C)C. The van der Waals surface area contributed by atoms with Crippen molar-refractivity contribution < 1.29 is 4.74 Å². The van der Waals surface area contributed by atoms with Crippen LogP contribution in [0.4, 0.5) is 0 Å². The normalized spacial score (nSPS) is 16.5. The van der Waals surface area contributed by atoms with Crippen LogP contribution in [-0.2, 0) is 4.74 Å². The summed E-state index contributed by atoms with van der Waals surface area (Å²) in [4.78, 5) is 0. The molecule has 1 unspecified atom stereocenters. The van der Waals surface area contributed by atoms with E-state index in [0.29, 0.717) is 5.92 Å². The summed E-state index contributed by atoms with van der Waals surface area (Å²) in [6, 6.07) is 0. The third kappa shape index (κ3) is 3.55. The van der Waals surface area contributed by atoms with E-state index in [1.165, 1.54) is 0 Å². The molecule has 74 valence electrons. The second-order valence-electron chi connectivity index (χ2n) is 3.96. The van der Waals surface area contributed by atoms with Crippen LogP contribution in [0, 0.1) is 11.3 Å². The average molecular weight is 173 g/mol. The maximum Gasteiger partial charge on any atom is 0.0471 e. The van der Waals surface area contributed by atoms with Gasteiger partial charge in [-0.3, -0.25) is 0 Å². The summed E-state index contributed by atoms with van der Waals surface area (Å²) in [5.74, 6) is 0.628. The Bertz CT molecular complexity index is 114. The predicted molar refractivity (Wildman–Crippen MR) is 53.1 cm³/mol. The molecule has 0 heterocycles. The molecule has 0 aliphatic heterocycles. The standard InChI is InChI=1S/C10H23NO/c1-5-12-7-6-10(4,8-11)9(2)3/h9H,5-8,11H2,1-4H3. The molecule has 0 fully saturated rings. The smallest absolute Gasteiger partial charge is 0.0471 e. The highest BCUT2D eigenvalue weighted by Gasteiger charge is 2.25. The second kappa shape index (κ2) is 5.55. The highest BCUT2D eigenvalue weighted by atomic mass is 16.5. The lowest BCUT2D eigenvalue weighted by Crippen LogP contribution is -2.33. The number of hydrogen-bond donors (Lipinski definition) is 1. The fraction of sp³-hybridized carbons (Fsp3) is 1.00. The van der Waals surface area contributed by atoms with Crippen molar-refractivity contribution in [3.8, 4) is 0 Å². The van der Waals surface area contributed by atoms with Crippen molar-refractivity contribution in [2.75, 3.05) is 19.8 Å². The summed E-state index contributed by atoms with van der Waals surface area (Å²) >= 11 is 0. The largest absolute Gasteiger partial charge is 0.382 e. The van der Waals surface area contributed by atoms with E-state index < -0.39 is 0 Å². The first kappa shape index (κ1) is 11.9. The van der Waals surface area contributed by atoms with Gasteiger partial charge in [0.05, 0.1) is 0 Å². The molecule has 0 saturated carbocycles. The van der Waals surface area contributed by atoms with Gasteiger partial charge in [0.1, 0.15) is 0 Å². The van der Waals surface area contributed by atoms with Crippen molar-refractivity contribution in [2.24, 2.45) is 17.1 Å². The van der Waals surface area contributed by atoms with E-state index in [4.69, 9.17) is 10.5 Å². The quantitative estimate of drug-likeness (QED) is 0.624. The molecule has 2 nitrogen and oxygen atoms in total. The van der Waals surface area contributed by atoms with Gasteiger partial charge in [-0.15, -0.1) is 0 Å². The molecule has 0 aromatic rings. The Morgan fingerprint density at radius 2 is 2.00 bits per heavy atom. The van der Waals surface area contributed by atoms with E-state index in [1.54, 1.807) is 0 Å². The lowest BCUT2D eigenvalue weighted by molar-refractivity contribution is 0.0912. The van der Waals surface area contributed by atoms with E-state index in [-0.39, 0.29) is 5.41 Å². The first-order valence-electron chi connectivity index (χ1n) is 4.84. The molecule has 0 bridgehead atoms. The zero-order valence-electron chi connectivity index (χ0n) is 8.89. The minimum atomic E-state index is 0.245. The third-order valence-corrected chi connectivity index (χ3v) is 2.88. The number of nitrogens with two attached hydrogens (primary N) is 1. The lowest BCUT2D eigenvalue weighted by Gasteiger charge is -2.32. The summed E-state index contributed by atoms with van der Waals surface area (Å²) < 4.78 is 5.33. The fourth-order valence-corrected chi connectivity index (χ4v) is 1.08. The Kier molecular flexibility index (Phi) is 5.51. The van der Waals surface area contributed by atoms with Gasteiger partial charge in [0.25, 0.3) is 0 Å². The molecule has 0 saturated heterocycles. The van der Waals surface area contributed by atoms with Crippen molar-refractivity contribution in [1.29, 1.82) is 0 Å². The van der Waals surface area contributed by atoms with Crippen LogP contribution in [0.15, 0.2) is 0 Å². The van der Waals surface area contributed by atoms with Gasteiger partial charge in [0, 0.05) is 13.2 Å². The highest BCUT2D eigenvalue weighted by molar-refractivity contribution is 4.78. The summed E-state index contributed by atoms with van der Waals surface area (Å²) in [6.45, 7) is 11.1. The molecule has 0 aromatic heterocycles. The zero-order chi connectivity index (χ0) is 9.61. The zero-order valence-corrected chi connectivity index (χ0v) is 8.89. The Hall–Kier alpha value is -0.0800. The Labute approximate surface area is 76.5 Å². The molecular formula is C10H23NO. The summed E-state index contributed by atoms with van der Waals surface area (Å²) in [5.41, 5.74) is 5.98. The minimum Gasteiger partial charge on any atom is -0.382 e. The van der Waals surface area contributed by atoms with Gasteiger partial charge in [-0.25, -0.2) is 0 Å². The topological polar surface area (TPSA) is 35.2 Å². The van der Waals surface area contributed by atoms with E-state index in [9.17, 15) is 0 Å². The van der Waals surface area contributed by atoms with Crippen LogP contribution in [0.25, 0.3) is 0 Å². The lowest BCUT2D eigenvalue weighted by atomic mass is 9.77. The summed E-state index contributed by atoms with van der Waals surface area (Å²) in [5, 5.41) is 0. The van der Waals surface area contributed by atoms with Crippen molar-refractivity contribution in [1.82, 2.24) is 0 Å². The van der Waals surface area contributed by atoms with Crippen LogP contribution in [0.3, 0.4) is 0 Å². The average Bonchev–Trinajstić information content (AvgIpc) is 2.04. The van der Waals surface area contributed by atoms with Crippen molar-refractivity contribution in [3.63, 3.8) is 0 Å². The van der Waals surface area contributed by atoms with Gasteiger partial charge in [-0.1, -0.05) is 20.8 Å². The Balaban J connectivity index is 3.80. The van der Waals surface area contributed by atoms with Gasteiger partial charge < -0.3 is 10.5 Å². The van der Waals surface area contributed by atoms with Crippen LogP contribution >= 0.6 is 0 Å². The van der Waals surface area contributed by atoms with E-state index in [2.05, 4.69) is 20.8 Å². The number of hydrogen-bond acceptors (Lipinski definition) is 2. The van der Waals surface area contributed by atoms with Gasteiger partial charge in [0.2, 0.25) is 0 Å². The Morgan fingerprint density at radius 1 is 1.42 bits per heavy atom. The molecule has 0 aromatic carbocycles. The van der Waals surface area contributed by atoms with Gasteiger partial charge in [-0.05, 0) is 31.2 Å².